The van der Waals surface area contributed by atoms with Gasteiger partial charge in [0.25, 0.3) is 0 Å². The topological polar surface area (TPSA) is 49.3 Å². The third kappa shape index (κ3) is 4.23. The van der Waals surface area contributed by atoms with Crippen LogP contribution in [0.25, 0.3) is 6.08 Å². The summed E-state index contributed by atoms with van der Waals surface area (Å²) in [5, 5.41) is 11.9. The van der Waals surface area contributed by atoms with E-state index in [0.717, 1.165) is 5.56 Å². The highest BCUT2D eigenvalue weighted by atomic mass is 35.5. The maximum atomic E-state index is 11.2. The number of aliphatic hydroxyl groups excluding tert-OH is 1. The second-order valence-corrected chi connectivity index (χ2v) is 3.84. The Morgan fingerprint density at radius 3 is 2.75 bits per heavy atom. The van der Waals surface area contributed by atoms with Crippen LogP contribution in [0.1, 0.15) is 5.56 Å². The summed E-state index contributed by atoms with van der Waals surface area (Å²) in [5.74, 6) is -0.264. The number of carbonyl (C=O) groups excluding carboxylic acids is 1. The highest BCUT2D eigenvalue weighted by Gasteiger charge is 1.97. The fraction of sp³-hybridized carbons (Fsp3) is 0.182. The molecule has 0 aliphatic carbocycles. The Morgan fingerprint density at radius 1 is 1.38 bits per heavy atom. The van der Waals surface area contributed by atoms with Crippen LogP contribution in [0.4, 0.5) is 0 Å². The summed E-state index contributed by atoms with van der Waals surface area (Å²) in [7, 11) is 0. The number of nitrogens with one attached hydrogen (secondary N) is 1. The molecule has 0 saturated heterocycles. The summed E-state index contributed by atoms with van der Waals surface area (Å²) in [6.45, 7) is 0.164. The van der Waals surface area contributed by atoms with Crippen LogP contribution in [0.5, 0.6) is 0 Å². The summed E-state index contributed by atoms with van der Waals surface area (Å²) in [4.78, 5) is 11.2. The summed E-state index contributed by atoms with van der Waals surface area (Å²) < 4.78 is 0. The number of rotatable bonds is 4. The lowest BCUT2D eigenvalue weighted by Gasteiger charge is -1.99. The third-order valence-corrected chi connectivity index (χ3v) is 2.52. The van der Waals surface area contributed by atoms with E-state index in [9.17, 15) is 4.79 Å². The zero-order chi connectivity index (χ0) is 12.0. The van der Waals surface area contributed by atoms with Crippen molar-refractivity contribution in [1.29, 1.82) is 0 Å². The predicted molar refractivity (Wildman–Crippen MR) is 65.6 cm³/mol. The van der Waals surface area contributed by atoms with Crippen LogP contribution in [0.2, 0.25) is 10.0 Å². The predicted octanol–water partition coefficient (Wildman–Crippen LogP) is 2.12. The first kappa shape index (κ1) is 13.0. The molecule has 0 bridgehead atoms. The van der Waals surface area contributed by atoms with Crippen molar-refractivity contribution in [3.05, 3.63) is 39.9 Å². The van der Waals surface area contributed by atoms with Crippen molar-refractivity contribution in [2.75, 3.05) is 13.2 Å². The van der Waals surface area contributed by atoms with Crippen molar-refractivity contribution in [3.8, 4) is 0 Å². The van der Waals surface area contributed by atoms with Crippen molar-refractivity contribution in [1.82, 2.24) is 5.32 Å². The zero-order valence-electron chi connectivity index (χ0n) is 8.41. The average Bonchev–Trinajstić information content (AvgIpc) is 2.28. The summed E-state index contributed by atoms with van der Waals surface area (Å²) in [5.41, 5.74) is 0.786. The van der Waals surface area contributed by atoms with Gasteiger partial charge >= 0.3 is 0 Å². The SMILES string of the molecule is O=C(C=Cc1ccc(Cl)c(Cl)c1)NCCO. The normalized spacial score (nSPS) is 10.7. The van der Waals surface area contributed by atoms with E-state index in [1.165, 1.54) is 6.08 Å². The van der Waals surface area contributed by atoms with Crippen LogP contribution < -0.4 is 5.32 Å². The number of aliphatic hydroxyl groups is 1. The van der Waals surface area contributed by atoms with E-state index in [2.05, 4.69) is 5.32 Å². The molecule has 3 nitrogen and oxygen atoms in total. The van der Waals surface area contributed by atoms with Gasteiger partial charge in [0.15, 0.2) is 0 Å². The molecule has 0 fully saturated rings. The smallest absolute Gasteiger partial charge is 0.244 e. The highest BCUT2D eigenvalue weighted by Crippen LogP contribution is 2.22. The first-order chi connectivity index (χ1) is 7.63. The summed E-state index contributed by atoms with van der Waals surface area (Å²) >= 11 is 11.6. The summed E-state index contributed by atoms with van der Waals surface area (Å²) in [6.07, 6.45) is 2.99. The molecule has 1 aromatic carbocycles. The number of hydrogen-bond donors (Lipinski definition) is 2. The maximum absolute atomic E-state index is 11.2. The van der Waals surface area contributed by atoms with Gasteiger partial charge in [0.2, 0.25) is 5.91 Å². The standard InChI is InChI=1S/C11H11Cl2NO2/c12-9-3-1-8(7-10(9)13)2-4-11(16)14-5-6-15/h1-4,7,15H,5-6H2,(H,14,16). The monoisotopic (exact) mass is 259 g/mol. The molecule has 0 heterocycles. The van der Waals surface area contributed by atoms with Crippen molar-refractivity contribution < 1.29 is 9.90 Å². The van der Waals surface area contributed by atoms with E-state index in [-0.39, 0.29) is 19.1 Å². The molecule has 0 spiro atoms. The number of carbonyl (C=O) groups is 1. The molecule has 0 aromatic heterocycles. The molecule has 86 valence electrons. The number of halogens is 2. The van der Waals surface area contributed by atoms with Gasteiger partial charge in [0, 0.05) is 12.6 Å². The second-order valence-electron chi connectivity index (χ2n) is 3.02. The fourth-order valence-electron chi connectivity index (χ4n) is 1.03. The van der Waals surface area contributed by atoms with E-state index in [4.69, 9.17) is 28.3 Å². The number of amides is 1. The van der Waals surface area contributed by atoms with Crippen molar-refractivity contribution >= 4 is 35.2 Å². The first-order valence-corrected chi connectivity index (χ1v) is 5.41. The van der Waals surface area contributed by atoms with Crippen LogP contribution in [-0.4, -0.2) is 24.2 Å². The Hall–Kier alpha value is -1.03. The van der Waals surface area contributed by atoms with E-state index < -0.39 is 0 Å². The molecule has 5 heteroatoms. The maximum Gasteiger partial charge on any atom is 0.244 e. The Balaban J connectivity index is 2.62. The molecule has 0 aliphatic rings. The molecule has 0 aliphatic heterocycles. The second kappa shape index (κ2) is 6.53. The fourth-order valence-corrected chi connectivity index (χ4v) is 1.33. The lowest BCUT2D eigenvalue weighted by molar-refractivity contribution is -0.116. The van der Waals surface area contributed by atoms with Gasteiger partial charge in [-0.15, -0.1) is 0 Å². The largest absolute Gasteiger partial charge is 0.395 e. The van der Waals surface area contributed by atoms with Gasteiger partial charge in [-0.1, -0.05) is 29.3 Å². The van der Waals surface area contributed by atoms with E-state index in [0.29, 0.717) is 10.0 Å². The number of hydrogen-bond acceptors (Lipinski definition) is 2. The van der Waals surface area contributed by atoms with E-state index >= 15 is 0 Å². The Bertz CT molecular complexity index is 405. The minimum absolute atomic E-state index is 0.0770. The first-order valence-electron chi connectivity index (χ1n) is 4.65. The van der Waals surface area contributed by atoms with Crippen LogP contribution in [0, 0.1) is 0 Å². The third-order valence-electron chi connectivity index (χ3n) is 1.78. The van der Waals surface area contributed by atoms with Gasteiger partial charge in [0.05, 0.1) is 16.7 Å². The molecule has 0 radical (unpaired) electrons. The minimum atomic E-state index is -0.264. The van der Waals surface area contributed by atoms with Crippen LogP contribution in [-0.2, 0) is 4.79 Å². The average molecular weight is 260 g/mol. The minimum Gasteiger partial charge on any atom is -0.395 e. The Kier molecular flexibility index (Phi) is 5.32. The van der Waals surface area contributed by atoms with Gasteiger partial charge in [-0.2, -0.15) is 0 Å². The Morgan fingerprint density at radius 2 is 2.12 bits per heavy atom. The highest BCUT2D eigenvalue weighted by molar-refractivity contribution is 6.42. The van der Waals surface area contributed by atoms with Gasteiger partial charge < -0.3 is 10.4 Å². The van der Waals surface area contributed by atoms with E-state index in [1.807, 2.05) is 0 Å². The van der Waals surface area contributed by atoms with Gasteiger partial charge in [-0.3, -0.25) is 4.79 Å². The van der Waals surface area contributed by atoms with Gasteiger partial charge in [-0.25, -0.2) is 0 Å². The van der Waals surface area contributed by atoms with Crippen molar-refractivity contribution in [2.45, 2.75) is 0 Å². The molecular weight excluding hydrogens is 249 g/mol. The van der Waals surface area contributed by atoms with Crippen molar-refractivity contribution in [3.63, 3.8) is 0 Å². The molecule has 1 rings (SSSR count). The van der Waals surface area contributed by atoms with Crippen LogP contribution >= 0.6 is 23.2 Å². The van der Waals surface area contributed by atoms with Gasteiger partial charge in [-0.05, 0) is 23.8 Å². The van der Waals surface area contributed by atoms with Crippen LogP contribution in [0.3, 0.4) is 0 Å². The molecule has 1 amide bonds. The Labute approximate surface area is 104 Å². The van der Waals surface area contributed by atoms with Gasteiger partial charge in [0.1, 0.15) is 0 Å². The molecule has 0 atom stereocenters. The molecule has 0 unspecified atom stereocenters. The van der Waals surface area contributed by atoms with E-state index in [1.54, 1.807) is 24.3 Å². The molecule has 0 saturated carbocycles. The zero-order valence-corrected chi connectivity index (χ0v) is 9.92. The lowest BCUT2D eigenvalue weighted by Crippen LogP contribution is -2.24. The van der Waals surface area contributed by atoms with Crippen molar-refractivity contribution in [2.24, 2.45) is 0 Å². The quantitative estimate of drug-likeness (QED) is 0.814. The molecule has 16 heavy (non-hydrogen) atoms. The molecular formula is C11H11Cl2NO2. The number of benzene rings is 1. The van der Waals surface area contributed by atoms with Crippen LogP contribution in [0.15, 0.2) is 24.3 Å². The molecule has 2 N–H and O–H groups in total. The summed E-state index contributed by atoms with van der Waals surface area (Å²) in [6, 6.07) is 5.08. The molecule has 1 aromatic rings. The lowest BCUT2D eigenvalue weighted by atomic mass is 10.2.